The van der Waals surface area contributed by atoms with E-state index in [-0.39, 0.29) is 6.04 Å². The molecule has 4 nitrogen and oxygen atoms in total. The summed E-state index contributed by atoms with van der Waals surface area (Å²) in [6.07, 6.45) is 0. The van der Waals surface area contributed by atoms with Gasteiger partial charge < -0.3 is 10.3 Å². The molecule has 0 amide bonds. The smallest absolute Gasteiger partial charge is 0.248 e. The largest absolute Gasteiger partial charge is 0.337 e. The summed E-state index contributed by atoms with van der Waals surface area (Å²) in [5, 5.41) is 5.92. The lowest BCUT2D eigenvalue weighted by Gasteiger charge is -2.05. The van der Waals surface area contributed by atoms with Crippen LogP contribution in [-0.2, 0) is 0 Å². The highest BCUT2D eigenvalue weighted by Crippen LogP contribution is 2.24. The molecule has 0 aliphatic rings. The molecule has 0 saturated carbocycles. The van der Waals surface area contributed by atoms with Gasteiger partial charge in [-0.1, -0.05) is 41.6 Å². The molecule has 0 radical (unpaired) electrons. The van der Waals surface area contributed by atoms with E-state index in [0.29, 0.717) is 11.7 Å². The standard InChI is InChI=1S/C13H11N3OS/c14-11(9-5-2-1-3-6-9)13-15-12(16-17-13)10-7-4-8-18-10/h1-8,11H,14H2. The molecule has 1 aromatic carbocycles. The molecule has 2 N–H and O–H groups in total. The number of hydrogen-bond donors (Lipinski definition) is 1. The molecule has 2 aromatic heterocycles. The van der Waals surface area contributed by atoms with Crippen LogP contribution >= 0.6 is 11.3 Å². The molecule has 2 heterocycles. The lowest BCUT2D eigenvalue weighted by molar-refractivity contribution is 0.367. The molecule has 0 fully saturated rings. The van der Waals surface area contributed by atoms with E-state index in [0.717, 1.165) is 10.4 Å². The molecule has 3 aromatic rings. The van der Waals surface area contributed by atoms with Crippen LogP contribution in [0.4, 0.5) is 0 Å². The number of hydrogen-bond acceptors (Lipinski definition) is 5. The fourth-order valence-electron chi connectivity index (χ4n) is 1.67. The second-order valence-corrected chi connectivity index (χ2v) is 4.77. The molecule has 1 atom stereocenters. The van der Waals surface area contributed by atoms with Crippen molar-refractivity contribution in [2.24, 2.45) is 5.73 Å². The first kappa shape index (κ1) is 11.1. The third kappa shape index (κ3) is 2.05. The fraction of sp³-hybridized carbons (Fsp3) is 0.0769. The molecule has 0 bridgehead atoms. The Balaban J connectivity index is 1.90. The van der Waals surface area contributed by atoms with Crippen molar-refractivity contribution in [3.63, 3.8) is 0 Å². The summed E-state index contributed by atoms with van der Waals surface area (Å²) in [7, 11) is 0. The number of nitrogens with zero attached hydrogens (tertiary/aromatic N) is 2. The Morgan fingerprint density at radius 1 is 1.11 bits per heavy atom. The fourth-order valence-corrected chi connectivity index (χ4v) is 2.32. The molecule has 0 aliphatic carbocycles. The Bertz CT molecular complexity index is 619. The van der Waals surface area contributed by atoms with Crippen LogP contribution in [0.25, 0.3) is 10.7 Å². The van der Waals surface area contributed by atoms with Crippen LogP contribution in [-0.4, -0.2) is 10.1 Å². The summed E-state index contributed by atoms with van der Waals surface area (Å²) in [5.74, 6) is 1.02. The average molecular weight is 257 g/mol. The van der Waals surface area contributed by atoms with Crippen LogP contribution in [0.1, 0.15) is 17.5 Å². The van der Waals surface area contributed by atoms with Crippen molar-refractivity contribution >= 4 is 11.3 Å². The van der Waals surface area contributed by atoms with Gasteiger partial charge in [-0.15, -0.1) is 11.3 Å². The van der Waals surface area contributed by atoms with Gasteiger partial charge in [0.15, 0.2) is 0 Å². The van der Waals surface area contributed by atoms with E-state index in [1.54, 1.807) is 11.3 Å². The van der Waals surface area contributed by atoms with Gasteiger partial charge >= 0.3 is 0 Å². The average Bonchev–Trinajstić information content (AvgIpc) is 3.09. The Hall–Kier alpha value is -1.98. The molecule has 5 heteroatoms. The third-order valence-corrected chi connectivity index (χ3v) is 3.47. The maximum absolute atomic E-state index is 6.09. The first-order valence-corrected chi connectivity index (χ1v) is 6.40. The SMILES string of the molecule is NC(c1ccccc1)c1nc(-c2cccs2)no1. The van der Waals surface area contributed by atoms with Crippen molar-refractivity contribution < 1.29 is 4.52 Å². The van der Waals surface area contributed by atoms with E-state index in [4.69, 9.17) is 10.3 Å². The Kier molecular flexibility index (Phi) is 2.92. The zero-order valence-corrected chi connectivity index (χ0v) is 10.3. The summed E-state index contributed by atoms with van der Waals surface area (Å²) in [5.41, 5.74) is 7.05. The number of thiophene rings is 1. The normalized spacial score (nSPS) is 12.5. The summed E-state index contributed by atoms with van der Waals surface area (Å²) < 4.78 is 5.23. The van der Waals surface area contributed by atoms with Gasteiger partial charge in [0.25, 0.3) is 0 Å². The summed E-state index contributed by atoms with van der Waals surface area (Å²) in [4.78, 5) is 5.31. The van der Waals surface area contributed by atoms with Crippen molar-refractivity contribution in [1.29, 1.82) is 0 Å². The highest BCUT2D eigenvalue weighted by molar-refractivity contribution is 7.13. The van der Waals surface area contributed by atoms with Gasteiger partial charge in [-0.3, -0.25) is 0 Å². The maximum atomic E-state index is 6.09. The molecule has 0 aliphatic heterocycles. The molecule has 18 heavy (non-hydrogen) atoms. The van der Waals surface area contributed by atoms with E-state index >= 15 is 0 Å². The van der Waals surface area contributed by atoms with Gasteiger partial charge in [-0.05, 0) is 17.0 Å². The quantitative estimate of drug-likeness (QED) is 0.783. The zero-order valence-electron chi connectivity index (χ0n) is 9.48. The van der Waals surface area contributed by atoms with Crippen LogP contribution < -0.4 is 5.73 Å². The Labute approximate surface area is 108 Å². The predicted octanol–water partition coefficient (Wildman–Crippen LogP) is 2.85. The van der Waals surface area contributed by atoms with Gasteiger partial charge in [0.05, 0.1) is 4.88 Å². The lowest BCUT2D eigenvalue weighted by Crippen LogP contribution is -2.11. The minimum absolute atomic E-state index is 0.382. The molecular weight excluding hydrogens is 246 g/mol. The number of aromatic nitrogens is 2. The van der Waals surface area contributed by atoms with Gasteiger partial charge in [0, 0.05) is 0 Å². The van der Waals surface area contributed by atoms with Crippen LogP contribution in [0.5, 0.6) is 0 Å². The predicted molar refractivity (Wildman–Crippen MR) is 70.1 cm³/mol. The summed E-state index contributed by atoms with van der Waals surface area (Å²) in [6.45, 7) is 0. The minimum atomic E-state index is -0.382. The zero-order chi connectivity index (χ0) is 12.4. The third-order valence-electron chi connectivity index (χ3n) is 2.61. The molecule has 1 unspecified atom stereocenters. The van der Waals surface area contributed by atoms with Crippen molar-refractivity contribution in [2.75, 3.05) is 0 Å². The first-order chi connectivity index (χ1) is 8.84. The van der Waals surface area contributed by atoms with Crippen molar-refractivity contribution in [3.05, 3.63) is 59.3 Å². The Morgan fingerprint density at radius 3 is 2.67 bits per heavy atom. The molecule has 0 saturated heterocycles. The van der Waals surface area contributed by atoms with Crippen LogP contribution in [0, 0.1) is 0 Å². The lowest BCUT2D eigenvalue weighted by atomic mass is 10.1. The van der Waals surface area contributed by atoms with Gasteiger partial charge in [0.1, 0.15) is 6.04 Å². The van der Waals surface area contributed by atoms with E-state index < -0.39 is 0 Å². The molecule has 90 valence electrons. The summed E-state index contributed by atoms with van der Waals surface area (Å²) >= 11 is 1.57. The summed E-state index contributed by atoms with van der Waals surface area (Å²) in [6, 6.07) is 13.2. The van der Waals surface area contributed by atoms with Crippen LogP contribution in [0.2, 0.25) is 0 Å². The second kappa shape index (κ2) is 4.72. The van der Waals surface area contributed by atoms with E-state index in [9.17, 15) is 0 Å². The van der Waals surface area contributed by atoms with E-state index in [2.05, 4.69) is 10.1 Å². The molecular formula is C13H11N3OS. The number of nitrogens with two attached hydrogens (primary N) is 1. The van der Waals surface area contributed by atoms with Crippen LogP contribution in [0.15, 0.2) is 52.4 Å². The van der Waals surface area contributed by atoms with E-state index in [1.807, 2.05) is 47.8 Å². The molecule has 3 rings (SSSR count). The highest BCUT2D eigenvalue weighted by Gasteiger charge is 2.17. The minimum Gasteiger partial charge on any atom is -0.337 e. The van der Waals surface area contributed by atoms with Crippen molar-refractivity contribution in [3.8, 4) is 10.7 Å². The number of benzene rings is 1. The Morgan fingerprint density at radius 2 is 1.94 bits per heavy atom. The second-order valence-electron chi connectivity index (χ2n) is 3.82. The first-order valence-electron chi connectivity index (χ1n) is 5.52. The number of rotatable bonds is 3. The maximum Gasteiger partial charge on any atom is 0.248 e. The van der Waals surface area contributed by atoms with Crippen molar-refractivity contribution in [1.82, 2.24) is 10.1 Å². The van der Waals surface area contributed by atoms with E-state index in [1.165, 1.54) is 0 Å². The molecule has 0 spiro atoms. The highest BCUT2D eigenvalue weighted by atomic mass is 32.1. The van der Waals surface area contributed by atoms with Crippen molar-refractivity contribution in [2.45, 2.75) is 6.04 Å². The van der Waals surface area contributed by atoms with Crippen LogP contribution in [0.3, 0.4) is 0 Å². The van der Waals surface area contributed by atoms with Gasteiger partial charge in [-0.25, -0.2) is 0 Å². The van der Waals surface area contributed by atoms with Gasteiger partial charge in [0.2, 0.25) is 11.7 Å². The van der Waals surface area contributed by atoms with Gasteiger partial charge in [-0.2, -0.15) is 4.98 Å². The topological polar surface area (TPSA) is 64.9 Å². The monoisotopic (exact) mass is 257 g/mol.